The fourth-order valence-electron chi connectivity index (χ4n) is 4.06. The van der Waals surface area contributed by atoms with E-state index in [1.807, 2.05) is 41.4 Å². The molecule has 2 aromatic carbocycles. The van der Waals surface area contributed by atoms with Gasteiger partial charge in [0.15, 0.2) is 0 Å². The van der Waals surface area contributed by atoms with Crippen molar-refractivity contribution in [1.82, 2.24) is 14.7 Å². The maximum absolute atomic E-state index is 13.5. The van der Waals surface area contributed by atoms with Gasteiger partial charge in [-0.1, -0.05) is 48.9 Å². The lowest BCUT2D eigenvalue weighted by molar-refractivity contribution is 0.0777. The summed E-state index contributed by atoms with van der Waals surface area (Å²) in [5.41, 5.74) is 11.6. The minimum atomic E-state index is -0.00891. The summed E-state index contributed by atoms with van der Waals surface area (Å²) in [6.45, 7) is 8.30. The second-order valence-electron chi connectivity index (χ2n) is 8.48. The zero-order valence-corrected chi connectivity index (χ0v) is 17.4. The topological polar surface area (TPSA) is 64.2 Å². The molecule has 1 unspecified atom stereocenters. The molecule has 29 heavy (non-hydrogen) atoms. The molecule has 4 rings (SSSR count). The first-order chi connectivity index (χ1) is 13.9. The van der Waals surface area contributed by atoms with Crippen LogP contribution in [-0.4, -0.2) is 40.2 Å². The Hall–Kier alpha value is -2.92. The van der Waals surface area contributed by atoms with E-state index in [1.165, 1.54) is 5.56 Å². The second kappa shape index (κ2) is 7.48. The monoisotopic (exact) mass is 388 g/mol. The van der Waals surface area contributed by atoms with Crippen LogP contribution in [0.4, 0.5) is 0 Å². The zero-order valence-electron chi connectivity index (χ0n) is 17.4. The average molecular weight is 389 g/mol. The molecule has 1 aliphatic rings. The van der Waals surface area contributed by atoms with Gasteiger partial charge in [-0.2, -0.15) is 5.10 Å². The lowest BCUT2D eigenvalue weighted by Gasteiger charge is -2.22. The van der Waals surface area contributed by atoms with E-state index in [0.29, 0.717) is 18.7 Å². The van der Waals surface area contributed by atoms with Crippen molar-refractivity contribution in [2.45, 2.75) is 27.2 Å². The molecule has 150 valence electrons. The van der Waals surface area contributed by atoms with E-state index < -0.39 is 0 Å². The maximum atomic E-state index is 13.5. The van der Waals surface area contributed by atoms with E-state index in [9.17, 15) is 4.79 Å². The van der Waals surface area contributed by atoms with E-state index in [1.54, 1.807) is 4.68 Å². The van der Waals surface area contributed by atoms with Gasteiger partial charge in [-0.05, 0) is 49.9 Å². The van der Waals surface area contributed by atoms with Crippen molar-refractivity contribution in [2.75, 3.05) is 19.6 Å². The molecule has 0 saturated carbocycles. The first-order valence-electron chi connectivity index (χ1n) is 10.1. The molecule has 5 nitrogen and oxygen atoms in total. The van der Waals surface area contributed by atoms with Crippen molar-refractivity contribution in [1.29, 1.82) is 0 Å². The number of para-hydroxylation sites is 1. The highest BCUT2D eigenvalue weighted by molar-refractivity contribution is 6.00. The number of nitrogens with two attached hydrogens (primary N) is 1. The summed E-state index contributed by atoms with van der Waals surface area (Å²) in [5, 5.41) is 4.83. The largest absolute Gasteiger partial charge is 0.338 e. The van der Waals surface area contributed by atoms with E-state index in [2.05, 4.69) is 39.0 Å². The van der Waals surface area contributed by atoms with Crippen molar-refractivity contribution < 1.29 is 4.79 Å². The smallest absolute Gasteiger partial charge is 0.257 e. The molecule has 1 atom stereocenters. The number of aromatic nitrogens is 2. The van der Waals surface area contributed by atoms with Crippen LogP contribution in [0.2, 0.25) is 0 Å². The Bertz CT molecular complexity index is 1040. The molecule has 0 bridgehead atoms. The first kappa shape index (κ1) is 19.4. The second-order valence-corrected chi connectivity index (χ2v) is 8.48. The summed E-state index contributed by atoms with van der Waals surface area (Å²) in [6.07, 6.45) is 2.80. The molecule has 1 saturated heterocycles. The molecule has 1 aliphatic heterocycles. The highest BCUT2D eigenvalue weighted by atomic mass is 16.2. The number of benzene rings is 2. The third-order valence-corrected chi connectivity index (χ3v) is 5.94. The van der Waals surface area contributed by atoms with Crippen LogP contribution in [0.5, 0.6) is 0 Å². The lowest BCUT2D eigenvalue weighted by atomic mass is 9.90. The fraction of sp³-hybridized carbons (Fsp3) is 0.333. The Labute approximate surface area is 172 Å². The van der Waals surface area contributed by atoms with E-state index in [-0.39, 0.29) is 11.3 Å². The Morgan fingerprint density at radius 2 is 1.93 bits per heavy atom. The minimum Gasteiger partial charge on any atom is -0.338 e. The summed E-state index contributed by atoms with van der Waals surface area (Å²) < 4.78 is 1.81. The van der Waals surface area contributed by atoms with Crippen LogP contribution in [0.3, 0.4) is 0 Å². The standard InChI is InChI=1S/C24H28N4O/c1-17-9-10-20(18(2)13-17)22-21(14-28(26-22)19-7-5-4-6-8-19)23(29)27-12-11-24(3,15-25)16-27/h4-10,13-14H,11-12,15-16,25H2,1-3H3. The van der Waals surface area contributed by atoms with Gasteiger partial charge in [0.1, 0.15) is 5.69 Å². The van der Waals surface area contributed by atoms with E-state index >= 15 is 0 Å². The van der Waals surface area contributed by atoms with Crippen molar-refractivity contribution in [3.8, 4) is 16.9 Å². The van der Waals surface area contributed by atoms with Gasteiger partial charge in [0.2, 0.25) is 0 Å². The molecule has 1 fully saturated rings. The number of hydrogen-bond acceptors (Lipinski definition) is 3. The van der Waals surface area contributed by atoms with Gasteiger partial charge >= 0.3 is 0 Å². The number of nitrogens with zero attached hydrogens (tertiary/aromatic N) is 3. The normalized spacial score (nSPS) is 19.0. The predicted molar refractivity (Wildman–Crippen MR) is 116 cm³/mol. The first-order valence-corrected chi connectivity index (χ1v) is 10.1. The Kier molecular flexibility index (Phi) is 5.01. The molecule has 5 heteroatoms. The van der Waals surface area contributed by atoms with Gasteiger partial charge in [-0.25, -0.2) is 4.68 Å². The highest BCUT2D eigenvalue weighted by Crippen LogP contribution is 2.33. The van der Waals surface area contributed by atoms with Crippen LogP contribution in [0.25, 0.3) is 16.9 Å². The molecule has 0 spiro atoms. The molecule has 2 N–H and O–H groups in total. The van der Waals surface area contributed by atoms with E-state index in [4.69, 9.17) is 10.8 Å². The third-order valence-electron chi connectivity index (χ3n) is 5.94. The van der Waals surface area contributed by atoms with Crippen LogP contribution in [0, 0.1) is 19.3 Å². The van der Waals surface area contributed by atoms with Gasteiger partial charge in [-0.3, -0.25) is 4.79 Å². The Morgan fingerprint density at radius 1 is 1.17 bits per heavy atom. The number of amides is 1. The predicted octanol–water partition coefficient (Wildman–Crippen LogP) is 3.97. The summed E-state index contributed by atoms with van der Waals surface area (Å²) in [4.78, 5) is 15.4. The number of likely N-dealkylation sites (tertiary alicyclic amines) is 1. The number of carbonyl (C=O) groups excluding carboxylic acids is 1. The van der Waals surface area contributed by atoms with Crippen molar-refractivity contribution in [3.63, 3.8) is 0 Å². The average Bonchev–Trinajstić information content (AvgIpc) is 3.33. The summed E-state index contributed by atoms with van der Waals surface area (Å²) in [5.74, 6) is 0.0272. The summed E-state index contributed by atoms with van der Waals surface area (Å²) >= 11 is 0. The van der Waals surface area contributed by atoms with Gasteiger partial charge in [-0.15, -0.1) is 0 Å². The van der Waals surface area contributed by atoms with Crippen molar-refractivity contribution >= 4 is 5.91 Å². The zero-order chi connectivity index (χ0) is 20.6. The molecule has 0 radical (unpaired) electrons. The van der Waals surface area contributed by atoms with Crippen LogP contribution >= 0.6 is 0 Å². The summed E-state index contributed by atoms with van der Waals surface area (Å²) in [6, 6.07) is 16.2. The molecular formula is C24H28N4O. The third kappa shape index (κ3) is 3.70. The minimum absolute atomic E-state index is 0.00891. The van der Waals surface area contributed by atoms with Crippen molar-refractivity contribution in [2.24, 2.45) is 11.1 Å². The quantitative estimate of drug-likeness (QED) is 0.736. The van der Waals surface area contributed by atoms with Gasteiger partial charge in [0.25, 0.3) is 5.91 Å². The lowest BCUT2D eigenvalue weighted by Crippen LogP contribution is -2.34. The van der Waals surface area contributed by atoms with E-state index in [0.717, 1.165) is 35.5 Å². The van der Waals surface area contributed by atoms with Crippen LogP contribution < -0.4 is 5.73 Å². The molecule has 2 heterocycles. The Balaban J connectivity index is 1.79. The number of aryl methyl sites for hydroxylation is 2. The summed E-state index contributed by atoms with van der Waals surface area (Å²) in [7, 11) is 0. The highest BCUT2D eigenvalue weighted by Gasteiger charge is 2.36. The fourth-order valence-corrected chi connectivity index (χ4v) is 4.06. The van der Waals surface area contributed by atoms with Crippen LogP contribution in [0.1, 0.15) is 34.8 Å². The van der Waals surface area contributed by atoms with Gasteiger partial charge < -0.3 is 10.6 Å². The SMILES string of the molecule is Cc1ccc(-c2nn(-c3ccccc3)cc2C(=O)N2CCC(C)(CN)C2)c(C)c1. The van der Waals surface area contributed by atoms with Gasteiger partial charge in [0, 0.05) is 24.8 Å². The Morgan fingerprint density at radius 3 is 2.59 bits per heavy atom. The molecule has 0 aliphatic carbocycles. The molecule has 1 amide bonds. The van der Waals surface area contributed by atoms with Crippen LogP contribution in [-0.2, 0) is 0 Å². The molecular weight excluding hydrogens is 360 g/mol. The maximum Gasteiger partial charge on any atom is 0.257 e. The number of carbonyl (C=O) groups is 1. The number of rotatable bonds is 4. The molecule has 1 aromatic heterocycles. The van der Waals surface area contributed by atoms with Gasteiger partial charge in [0.05, 0.1) is 11.3 Å². The number of hydrogen-bond donors (Lipinski definition) is 1. The van der Waals surface area contributed by atoms with Crippen LogP contribution in [0.15, 0.2) is 54.7 Å². The van der Waals surface area contributed by atoms with Crippen molar-refractivity contribution in [3.05, 3.63) is 71.4 Å². The molecule has 3 aromatic rings.